The average molecular weight is 285 g/mol. The lowest BCUT2D eigenvalue weighted by atomic mass is 10.1. The predicted octanol–water partition coefficient (Wildman–Crippen LogP) is 3.56. The summed E-state index contributed by atoms with van der Waals surface area (Å²) in [5.74, 6) is 1.87. The number of benzene rings is 2. The molecule has 0 aliphatic heterocycles. The molecular weight excluding hydrogens is 262 g/mol. The van der Waals surface area contributed by atoms with E-state index in [1.807, 2.05) is 36.4 Å². The van der Waals surface area contributed by atoms with E-state index in [0.29, 0.717) is 0 Å². The fourth-order valence-electron chi connectivity index (χ4n) is 2.19. The lowest BCUT2D eigenvalue weighted by molar-refractivity contribution is 0.308. The molecule has 112 valence electrons. The number of aryl methyl sites for hydroxylation is 1. The van der Waals surface area contributed by atoms with Crippen LogP contribution in [0.25, 0.3) is 0 Å². The van der Waals surface area contributed by atoms with Gasteiger partial charge >= 0.3 is 0 Å². The van der Waals surface area contributed by atoms with E-state index in [-0.39, 0.29) is 0 Å². The van der Waals surface area contributed by atoms with Gasteiger partial charge in [0, 0.05) is 6.54 Å². The van der Waals surface area contributed by atoms with E-state index in [1.165, 1.54) is 11.1 Å². The minimum absolute atomic E-state index is 0.735. The number of ether oxygens (including phenoxy) is 2. The van der Waals surface area contributed by atoms with Crippen LogP contribution in [0.1, 0.15) is 17.5 Å². The van der Waals surface area contributed by atoms with Crippen molar-refractivity contribution in [2.75, 3.05) is 20.3 Å². The highest BCUT2D eigenvalue weighted by atomic mass is 16.5. The fraction of sp³-hybridized carbons (Fsp3) is 0.333. The van der Waals surface area contributed by atoms with Gasteiger partial charge in [-0.25, -0.2) is 0 Å². The van der Waals surface area contributed by atoms with Crippen molar-refractivity contribution >= 4 is 0 Å². The van der Waals surface area contributed by atoms with E-state index in [1.54, 1.807) is 7.11 Å². The molecule has 21 heavy (non-hydrogen) atoms. The SMILES string of the molecule is COc1ccc(CNCCCOc2ccccc2)cc1C. The Morgan fingerprint density at radius 1 is 1.05 bits per heavy atom. The van der Waals surface area contributed by atoms with Gasteiger partial charge in [0.05, 0.1) is 13.7 Å². The van der Waals surface area contributed by atoms with Crippen LogP contribution in [-0.4, -0.2) is 20.3 Å². The highest BCUT2D eigenvalue weighted by Crippen LogP contribution is 2.18. The van der Waals surface area contributed by atoms with Gasteiger partial charge in [-0.05, 0) is 49.2 Å². The monoisotopic (exact) mass is 285 g/mol. The number of nitrogens with one attached hydrogen (secondary N) is 1. The Kier molecular flexibility index (Phi) is 6.10. The van der Waals surface area contributed by atoms with E-state index in [4.69, 9.17) is 9.47 Å². The number of rotatable bonds is 8. The number of methoxy groups -OCH3 is 1. The van der Waals surface area contributed by atoms with Gasteiger partial charge < -0.3 is 14.8 Å². The maximum absolute atomic E-state index is 5.65. The Hall–Kier alpha value is -2.00. The third-order valence-corrected chi connectivity index (χ3v) is 3.30. The first-order chi connectivity index (χ1) is 10.3. The Balaban J connectivity index is 1.62. The maximum atomic E-state index is 5.65. The predicted molar refractivity (Wildman–Crippen MR) is 86.0 cm³/mol. The van der Waals surface area contributed by atoms with Crippen molar-refractivity contribution in [3.63, 3.8) is 0 Å². The zero-order valence-electron chi connectivity index (χ0n) is 12.8. The molecule has 0 aliphatic rings. The molecule has 0 unspecified atom stereocenters. The quantitative estimate of drug-likeness (QED) is 0.752. The number of para-hydroxylation sites is 1. The molecule has 0 fully saturated rings. The summed E-state index contributed by atoms with van der Waals surface area (Å²) in [4.78, 5) is 0. The van der Waals surface area contributed by atoms with E-state index < -0.39 is 0 Å². The molecule has 0 spiro atoms. The minimum atomic E-state index is 0.735. The highest BCUT2D eigenvalue weighted by Gasteiger charge is 1.99. The lowest BCUT2D eigenvalue weighted by Crippen LogP contribution is -2.17. The van der Waals surface area contributed by atoms with Crippen LogP contribution >= 0.6 is 0 Å². The van der Waals surface area contributed by atoms with Crippen LogP contribution < -0.4 is 14.8 Å². The van der Waals surface area contributed by atoms with E-state index in [9.17, 15) is 0 Å². The van der Waals surface area contributed by atoms with Gasteiger partial charge in [-0.1, -0.05) is 30.3 Å². The van der Waals surface area contributed by atoms with Crippen molar-refractivity contribution in [1.29, 1.82) is 0 Å². The second kappa shape index (κ2) is 8.32. The largest absolute Gasteiger partial charge is 0.496 e. The molecule has 0 saturated carbocycles. The van der Waals surface area contributed by atoms with Gasteiger partial charge in [0.2, 0.25) is 0 Å². The molecule has 3 heteroatoms. The molecule has 0 atom stereocenters. The van der Waals surface area contributed by atoms with Crippen molar-refractivity contribution in [2.24, 2.45) is 0 Å². The molecule has 2 aromatic carbocycles. The molecule has 0 heterocycles. The molecule has 3 nitrogen and oxygen atoms in total. The fourth-order valence-corrected chi connectivity index (χ4v) is 2.19. The summed E-state index contributed by atoms with van der Waals surface area (Å²) in [5, 5.41) is 3.43. The molecule has 0 saturated heterocycles. The number of hydrogen-bond donors (Lipinski definition) is 1. The van der Waals surface area contributed by atoms with Gasteiger partial charge in [-0.2, -0.15) is 0 Å². The highest BCUT2D eigenvalue weighted by molar-refractivity contribution is 5.36. The zero-order chi connectivity index (χ0) is 14.9. The van der Waals surface area contributed by atoms with Gasteiger partial charge in [0.1, 0.15) is 11.5 Å². The van der Waals surface area contributed by atoms with E-state index >= 15 is 0 Å². The summed E-state index contributed by atoms with van der Waals surface area (Å²) in [7, 11) is 1.70. The van der Waals surface area contributed by atoms with Crippen LogP contribution in [0.4, 0.5) is 0 Å². The van der Waals surface area contributed by atoms with Crippen LogP contribution in [0.3, 0.4) is 0 Å². The molecule has 0 aromatic heterocycles. The van der Waals surface area contributed by atoms with Crippen molar-refractivity contribution in [1.82, 2.24) is 5.32 Å². The van der Waals surface area contributed by atoms with Gasteiger partial charge in [0.15, 0.2) is 0 Å². The Bertz CT molecular complexity index is 540. The summed E-state index contributed by atoms with van der Waals surface area (Å²) in [5.41, 5.74) is 2.45. The normalized spacial score (nSPS) is 10.4. The van der Waals surface area contributed by atoms with E-state index in [0.717, 1.165) is 37.6 Å². The molecular formula is C18H23NO2. The van der Waals surface area contributed by atoms with Crippen molar-refractivity contribution in [3.8, 4) is 11.5 Å². The van der Waals surface area contributed by atoms with Gasteiger partial charge in [0.25, 0.3) is 0 Å². The Labute approximate surface area is 126 Å². The van der Waals surface area contributed by atoms with Crippen LogP contribution in [0.5, 0.6) is 11.5 Å². The minimum Gasteiger partial charge on any atom is -0.496 e. The van der Waals surface area contributed by atoms with Crippen molar-refractivity contribution in [3.05, 3.63) is 59.7 Å². The van der Waals surface area contributed by atoms with Crippen LogP contribution in [0.2, 0.25) is 0 Å². The molecule has 0 radical (unpaired) electrons. The first kappa shape index (κ1) is 15.4. The zero-order valence-corrected chi connectivity index (χ0v) is 12.8. The maximum Gasteiger partial charge on any atom is 0.121 e. The number of hydrogen-bond acceptors (Lipinski definition) is 3. The standard InChI is InChI=1S/C18H23NO2/c1-15-13-16(9-10-18(15)20-2)14-19-11-6-12-21-17-7-4-3-5-8-17/h3-5,7-10,13,19H,6,11-12,14H2,1-2H3. The lowest BCUT2D eigenvalue weighted by Gasteiger charge is -2.09. The van der Waals surface area contributed by atoms with Crippen molar-refractivity contribution < 1.29 is 9.47 Å². The summed E-state index contributed by atoms with van der Waals surface area (Å²) < 4.78 is 10.9. The van der Waals surface area contributed by atoms with Gasteiger partial charge in [-0.3, -0.25) is 0 Å². The first-order valence-corrected chi connectivity index (χ1v) is 7.31. The van der Waals surface area contributed by atoms with E-state index in [2.05, 4.69) is 24.4 Å². The first-order valence-electron chi connectivity index (χ1n) is 7.31. The Morgan fingerprint density at radius 2 is 1.86 bits per heavy atom. The summed E-state index contributed by atoms with van der Waals surface area (Å²) in [6.45, 7) is 4.61. The molecule has 2 rings (SSSR count). The van der Waals surface area contributed by atoms with Gasteiger partial charge in [-0.15, -0.1) is 0 Å². The summed E-state index contributed by atoms with van der Waals surface area (Å²) in [6, 6.07) is 16.2. The van der Waals surface area contributed by atoms with Crippen LogP contribution in [-0.2, 0) is 6.54 Å². The smallest absolute Gasteiger partial charge is 0.121 e. The molecule has 1 N–H and O–H groups in total. The topological polar surface area (TPSA) is 30.5 Å². The second-order valence-corrected chi connectivity index (χ2v) is 5.00. The summed E-state index contributed by atoms with van der Waals surface area (Å²) in [6.07, 6.45) is 0.990. The molecule has 0 aliphatic carbocycles. The average Bonchev–Trinajstić information content (AvgIpc) is 2.52. The van der Waals surface area contributed by atoms with Crippen molar-refractivity contribution in [2.45, 2.75) is 19.9 Å². The second-order valence-electron chi connectivity index (χ2n) is 5.00. The molecule has 2 aromatic rings. The third kappa shape index (κ3) is 5.12. The summed E-state index contributed by atoms with van der Waals surface area (Å²) >= 11 is 0. The van der Waals surface area contributed by atoms with Crippen LogP contribution in [0, 0.1) is 6.92 Å². The molecule has 0 bridgehead atoms. The molecule has 0 amide bonds. The Morgan fingerprint density at radius 3 is 2.57 bits per heavy atom. The third-order valence-electron chi connectivity index (χ3n) is 3.30. The van der Waals surface area contributed by atoms with Crippen LogP contribution in [0.15, 0.2) is 48.5 Å².